The van der Waals surface area contributed by atoms with Gasteiger partial charge in [0.2, 0.25) is 17.7 Å². The smallest absolute Gasteiger partial charge is 0.328 e. The third kappa shape index (κ3) is 9.24. The number of benzene rings is 1. The Kier molecular flexibility index (Phi) is 11.7. The minimum atomic E-state index is -1.66. The Morgan fingerprint density at radius 1 is 1.03 bits per heavy atom. The number of amides is 3. The van der Waals surface area contributed by atoms with Crippen molar-refractivity contribution in [1.82, 2.24) is 20.9 Å². The number of aliphatic hydroxyl groups is 2. The van der Waals surface area contributed by atoms with Crippen molar-refractivity contribution >= 4 is 40.6 Å². The lowest BCUT2D eigenvalue weighted by atomic mass is 10.0. The number of aliphatic carboxylic acids is 1. The molecule has 1 aromatic carbocycles. The number of carbonyl (C=O) groups is 4. The van der Waals surface area contributed by atoms with Crippen molar-refractivity contribution in [1.29, 1.82) is 0 Å². The monoisotopic (exact) mass is 548 g/mol. The van der Waals surface area contributed by atoms with E-state index >= 15 is 0 Å². The molecule has 0 spiro atoms. The zero-order valence-electron chi connectivity index (χ0n) is 21.5. The van der Waals surface area contributed by atoms with E-state index < -0.39 is 60.6 Å². The molecule has 5 atom stereocenters. The van der Waals surface area contributed by atoms with Gasteiger partial charge in [-0.25, -0.2) is 4.79 Å². The Morgan fingerprint density at radius 3 is 2.28 bits per heavy atom. The Morgan fingerprint density at radius 2 is 1.67 bits per heavy atom. The lowest BCUT2D eigenvalue weighted by Gasteiger charge is -2.25. The number of nitrogens with two attached hydrogens (primary N) is 3. The van der Waals surface area contributed by atoms with Gasteiger partial charge in [0.15, 0.2) is 12.0 Å². The van der Waals surface area contributed by atoms with Gasteiger partial charge in [0.1, 0.15) is 12.1 Å². The number of aliphatic imine (C=N–C) groups is 1. The van der Waals surface area contributed by atoms with Crippen molar-refractivity contribution in [2.45, 2.75) is 56.5 Å². The number of para-hydroxylation sites is 1. The summed E-state index contributed by atoms with van der Waals surface area (Å²) in [5.74, 6) is -4.08. The molecule has 0 bridgehead atoms. The van der Waals surface area contributed by atoms with Crippen molar-refractivity contribution in [3.05, 3.63) is 36.0 Å². The largest absolute Gasteiger partial charge is 0.480 e. The second-order valence-corrected chi connectivity index (χ2v) is 8.99. The van der Waals surface area contributed by atoms with Crippen LogP contribution in [-0.4, -0.2) is 93.4 Å². The number of carboxylic acids is 1. The maximum atomic E-state index is 13.2. The van der Waals surface area contributed by atoms with Gasteiger partial charge in [-0.05, 0) is 31.4 Å². The van der Waals surface area contributed by atoms with Crippen LogP contribution in [-0.2, 0) is 25.6 Å². The van der Waals surface area contributed by atoms with Crippen LogP contribution in [0.2, 0.25) is 0 Å². The summed E-state index contributed by atoms with van der Waals surface area (Å²) in [6, 6.07) is 1.89. The van der Waals surface area contributed by atoms with Crippen LogP contribution in [0.4, 0.5) is 0 Å². The van der Waals surface area contributed by atoms with E-state index in [4.69, 9.17) is 17.2 Å². The fourth-order valence-corrected chi connectivity index (χ4v) is 3.77. The van der Waals surface area contributed by atoms with Gasteiger partial charge < -0.3 is 53.5 Å². The number of carbonyl (C=O) groups excluding carboxylic acids is 3. The molecule has 0 saturated carbocycles. The highest BCUT2D eigenvalue weighted by Crippen LogP contribution is 2.19. The molecule has 0 radical (unpaired) electrons. The zero-order valence-corrected chi connectivity index (χ0v) is 21.5. The third-order valence-corrected chi connectivity index (χ3v) is 5.90. The molecule has 0 aliphatic carbocycles. The van der Waals surface area contributed by atoms with E-state index in [-0.39, 0.29) is 25.3 Å². The molecule has 1 heterocycles. The molecule has 39 heavy (non-hydrogen) atoms. The highest BCUT2D eigenvalue weighted by atomic mass is 16.4. The molecule has 2 rings (SSSR count). The predicted molar refractivity (Wildman–Crippen MR) is 142 cm³/mol. The number of H-pyrrole nitrogens is 1. The van der Waals surface area contributed by atoms with E-state index in [0.29, 0.717) is 12.0 Å². The van der Waals surface area contributed by atoms with Crippen molar-refractivity contribution in [2.75, 3.05) is 13.2 Å². The van der Waals surface area contributed by atoms with Gasteiger partial charge in [-0.15, -0.1) is 0 Å². The van der Waals surface area contributed by atoms with Crippen molar-refractivity contribution in [2.24, 2.45) is 22.2 Å². The number of nitrogens with one attached hydrogen (secondary N) is 4. The molecule has 15 heteroatoms. The molecule has 13 N–H and O–H groups in total. The minimum Gasteiger partial charge on any atom is -0.480 e. The number of fused-ring (bicyclic) bond motifs is 1. The molecule has 0 saturated heterocycles. The van der Waals surface area contributed by atoms with Crippen LogP contribution in [0.5, 0.6) is 0 Å². The average molecular weight is 549 g/mol. The van der Waals surface area contributed by atoms with Crippen molar-refractivity contribution in [3.8, 4) is 0 Å². The number of carboxylic acid groups (broad SMARTS) is 1. The van der Waals surface area contributed by atoms with Crippen LogP contribution in [0.1, 0.15) is 25.3 Å². The second-order valence-electron chi connectivity index (χ2n) is 8.99. The van der Waals surface area contributed by atoms with E-state index in [1.54, 1.807) is 6.20 Å². The third-order valence-electron chi connectivity index (χ3n) is 5.90. The Hall–Kier alpha value is -4.21. The molecular weight excluding hydrogens is 512 g/mol. The average Bonchev–Trinajstić information content (AvgIpc) is 3.29. The van der Waals surface area contributed by atoms with Crippen LogP contribution in [0.3, 0.4) is 0 Å². The molecule has 15 nitrogen and oxygen atoms in total. The topological polar surface area (TPSA) is 271 Å². The van der Waals surface area contributed by atoms with E-state index in [1.807, 2.05) is 24.3 Å². The fourth-order valence-electron chi connectivity index (χ4n) is 3.77. The lowest BCUT2D eigenvalue weighted by molar-refractivity contribution is -0.145. The van der Waals surface area contributed by atoms with Gasteiger partial charge in [0.05, 0.1) is 18.8 Å². The number of aromatic nitrogens is 1. The van der Waals surface area contributed by atoms with E-state index in [9.17, 15) is 34.5 Å². The number of aromatic amines is 1. The zero-order chi connectivity index (χ0) is 29.1. The second kappa shape index (κ2) is 14.7. The molecular formula is C24H36N8O7. The predicted octanol–water partition coefficient (Wildman–Crippen LogP) is -3.00. The molecule has 5 unspecified atom stereocenters. The molecule has 1 aromatic heterocycles. The summed E-state index contributed by atoms with van der Waals surface area (Å²) in [7, 11) is 0. The summed E-state index contributed by atoms with van der Waals surface area (Å²) in [6.45, 7) is 0.556. The Labute approximate surface area is 224 Å². The number of aliphatic hydroxyl groups excluding tert-OH is 2. The number of nitrogens with zero attached hydrogens (tertiary/aromatic N) is 1. The van der Waals surface area contributed by atoms with Crippen LogP contribution >= 0.6 is 0 Å². The summed E-state index contributed by atoms with van der Waals surface area (Å²) in [4.78, 5) is 56.9. The molecule has 214 valence electrons. The molecule has 2 aromatic rings. The van der Waals surface area contributed by atoms with Crippen LogP contribution in [0, 0.1) is 0 Å². The molecule has 0 fully saturated rings. The molecule has 0 aliphatic heterocycles. The number of guanidine groups is 1. The first-order valence-electron chi connectivity index (χ1n) is 12.2. The van der Waals surface area contributed by atoms with Crippen LogP contribution < -0.4 is 33.2 Å². The summed E-state index contributed by atoms with van der Waals surface area (Å²) in [6.07, 6.45) is 0.883. The molecule has 0 aliphatic rings. The van der Waals surface area contributed by atoms with Gasteiger partial charge in [-0.2, -0.15) is 0 Å². The Balaban J connectivity index is 2.20. The normalized spacial score (nSPS) is 14.9. The Bertz CT molecular complexity index is 1180. The lowest BCUT2D eigenvalue weighted by Crippen LogP contribution is -2.59. The van der Waals surface area contributed by atoms with E-state index in [2.05, 4.69) is 25.9 Å². The summed E-state index contributed by atoms with van der Waals surface area (Å²) >= 11 is 0. The van der Waals surface area contributed by atoms with Gasteiger partial charge in [-0.3, -0.25) is 19.4 Å². The summed E-state index contributed by atoms with van der Waals surface area (Å²) in [5.41, 5.74) is 18.1. The number of hydrogen-bond donors (Lipinski definition) is 10. The first kappa shape index (κ1) is 31.0. The van der Waals surface area contributed by atoms with Gasteiger partial charge in [0.25, 0.3) is 0 Å². The summed E-state index contributed by atoms with van der Waals surface area (Å²) in [5, 5.41) is 36.3. The van der Waals surface area contributed by atoms with Gasteiger partial charge in [-0.1, -0.05) is 18.2 Å². The maximum Gasteiger partial charge on any atom is 0.328 e. The highest BCUT2D eigenvalue weighted by molar-refractivity contribution is 5.95. The maximum absolute atomic E-state index is 13.2. The summed E-state index contributed by atoms with van der Waals surface area (Å²) < 4.78 is 0. The van der Waals surface area contributed by atoms with E-state index in [0.717, 1.165) is 10.9 Å². The van der Waals surface area contributed by atoms with Crippen molar-refractivity contribution in [3.63, 3.8) is 0 Å². The van der Waals surface area contributed by atoms with Crippen LogP contribution in [0.15, 0.2) is 35.5 Å². The number of rotatable bonds is 15. The van der Waals surface area contributed by atoms with E-state index in [1.165, 1.54) is 6.92 Å². The quantitative estimate of drug-likeness (QED) is 0.0612. The highest BCUT2D eigenvalue weighted by Gasteiger charge is 2.32. The first-order chi connectivity index (χ1) is 18.4. The fraction of sp³-hybridized carbons (Fsp3) is 0.458. The SMILES string of the molecule is CC(O)C(NC(=O)C(CO)NC(=O)C(Cc1c[nH]c2ccccc12)NC(=O)C(N)CCCN=C(N)N)C(=O)O. The standard InChI is InChI=1S/C24H36N8O7/c1-12(34)19(23(38)39)32-22(37)18(11-33)31-21(36)17(9-13-10-29-16-7-3-2-5-14(13)16)30-20(35)15(25)6-4-8-28-24(26)27/h2-3,5,7,10,12,15,17-19,29,33-34H,4,6,8-9,11,25H2,1H3,(H,30,35)(H,31,36)(H,32,37)(H,38,39)(H4,26,27,28). The molecule has 3 amide bonds. The van der Waals surface area contributed by atoms with Gasteiger partial charge in [0, 0.05) is 30.1 Å². The van der Waals surface area contributed by atoms with Crippen LogP contribution in [0.25, 0.3) is 10.9 Å². The van der Waals surface area contributed by atoms with Gasteiger partial charge >= 0.3 is 5.97 Å². The number of hydrogen-bond acceptors (Lipinski definition) is 8. The first-order valence-corrected chi connectivity index (χ1v) is 12.2. The van der Waals surface area contributed by atoms with Crippen molar-refractivity contribution < 1.29 is 34.5 Å². The minimum absolute atomic E-state index is 0.00744.